The number of carbonyl (C=O) groups is 1. The summed E-state index contributed by atoms with van der Waals surface area (Å²) in [5.41, 5.74) is 6.21. The van der Waals surface area contributed by atoms with E-state index < -0.39 is 0 Å². The fourth-order valence-electron chi connectivity index (χ4n) is 2.50. The van der Waals surface area contributed by atoms with Crippen LogP contribution in [0.4, 0.5) is 4.39 Å². The number of nitrogens with one attached hydrogen (secondary N) is 1. The van der Waals surface area contributed by atoms with Crippen molar-refractivity contribution in [2.24, 2.45) is 5.10 Å². The molecule has 0 radical (unpaired) electrons. The molecule has 1 aliphatic rings. The average molecular weight is 282 g/mol. The highest BCUT2D eigenvalue weighted by Crippen LogP contribution is 2.21. The van der Waals surface area contributed by atoms with Gasteiger partial charge in [-0.15, -0.1) is 0 Å². The molecule has 0 saturated carbocycles. The van der Waals surface area contributed by atoms with Crippen molar-refractivity contribution in [1.82, 2.24) is 5.43 Å². The lowest BCUT2D eigenvalue weighted by Gasteiger charge is -2.17. The van der Waals surface area contributed by atoms with Crippen molar-refractivity contribution in [3.8, 4) is 0 Å². The minimum atomic E-state index is -0.362. The first-order valence-corrected chi connectivity index (χ1v) is 6.95. The summed E-state index contributed by atoms with van der Waals surface area (Å²) in [5, 5.41) is 4.25. The van der Waals surface area contributed by atoms with E-state index in [1.54, 1.807) is 0 Å². The summed E-state index contributed by atoms with van der Waals surface area (Å²) < 4.78 is 12.8. The van der Waals surface area contributed by atoms with Crippen LogP contribution in [-0.4, -0.2) is 11.6 Å². The molecule has 2 aromatic carbocycles. The Labute approximate surface area is 122 Å². The number of halogens is 1. The van der Waals surface area contributed by atoms with Gasteiger partial charge in [0.15, 0.2) is 0 Å². The summed E-state index contributed by atoms with van der Waals surface area (Å²) in [6, 6.07) is 13.5. The van der Waals surface area contributed by atoms with Crippen molar-refractivity contribution in [2.45, 2.75) is 19.3 Å². The van der Waals surface area contributed by atoms with Gasteiger partial charge in [-0.1, -0.05) is 24.3 Å². The topological polar surface area (TPSA) is 41.5 Å². The number of benzene rings is 2. The van der Waals surface area contributed by atoms with Crippen LogP contribution in [0.1, 0.15) is 34.3 Å². The number of hydrogen-bond acceptors (Lipinski definition) is 2. The molecule has 21 heavy (non-hydrogen) atoms. The number of hydrazone groups is 1. The Morgan fingerprint density at radius 1 is 1.05 bits per heavy atom. The minimum absolute atomic E-state index is 0.328. The molecule has 1 amide bonds. The van der Waals surface area contributed by atoms with Crippen LogP contribution in [0.15, 0.2) is 53.6 Å². The molecule has 0 aromatic heterocycles. The molecule has 2 aromatic rings. The molecular formula is C17H15FN2O. The van der Waals surface area contributed by atoms with E-state index in [0.717, 1.165) is 30.5 Å². The van der Waals surface area contributed by atoms with E-state index in [9.17, 15) is 9.18 Å². The predicted molar refractivity (Wildman–Crippen MR) is 79.8 cm³/mol. The first-order chi connectivity index (χ1) is 10.2. The van der Waals surface area contributed by atoms with Gasteiger partial charge in [0.1, 0.15) is 5.82 Å². The number of fused-ring (bicyclic) bond motifs is 1. The highest BCUT2D eigenvalue weighted by Gasteiger charge is 2.15. The number of rotatable bonds is 2. The third-order valence-electron chi connectivity index (χ3n) is 3.59. The van der Waals surface area contributed by atoms with Crippen molar-refractivity contribution in [2.75, 3.05) is 0 Å². The van der Waals surface area contributed by atoms with Gasteiger partial charge in [-0.3, -0.25) is 4.79 Å². The molecule has 3 rings (SSSR count). The van der Waals surface area contributed by atoms with Gasteiger partial charge in [0.05, 0.1) is 5.71 Å². The number of nitrogens with zero attached hydrogens (tertiary/aromatic N) is 1. The second-order valence-electron chi connectivity index (χ2n) is 5.02. The first-order valence-electron chi connectivity index (χ1n) is 6.95. The second-order valence-corrected chi connectivity index (χ2v) is 5.02. The van der Waals surface area contributed by atoms with Crippen molar-refractivity contribution < 1.29 is 9.18 Å². The second kappa shape index (κ2) is 5.87. The lowest BCUT2D eigenvalue weighted by Crippen LogP contribution is -2.22. The van der Waals surface area contributed by atoms with Crippen LogP contribution < -0.4 is 5.43 Å². The molecule has 4 heteroatoms. The maximum atomic E-state index is 12.8. The van der Waals surface area contributed by atoms with Crippen molar-refractivity contribution in [3.05, 3.63) is 71.0 Å². The van der Waals surface area contributed by atoms with E-state index in [4.69, 9.17) is 0 Å². The molecule has 0 bridgehead atoms. The molecule has 0 saturated heterocycles. The molecule has 1 aliphatic carbocycles. The summed E-state index contributed by atoms with van der Waals surface area (Å²) >= 11 is 0. The Kier molecular flexibility index (Phi) is 3.77. The maximum Gasteiger partial charge on any atom is 0.271 e. The number of aryl methyl sites for hydroxylation is 1. The monoisotopic (exact) mass is 282 g/mol. The van der Waals surface area contributed by atoms with E-state index in [-0.39, 0.29) is 11.7 Å². The Morgan fingerprint density at radius 2 is 1.81 bits per heavy atom. The van der Waals surface area contributed by atoms with Crippen molar-refractivity contribution >= 4 is 11.6 Å². The van der Waals surface area contributed by atoms with Crippen LogP contribution in [-0.2, 0) is 6.42 Å². The smallest absolute Gasteiger partial charge is 0.267 e. The van der Waals surface area contributed by atoms with Crippen LogP contribution >= 0.6 is 0 Å². The lowest BCUT2D eigenvalue weighted by molar-refractivity contribution is 0.0954. The molecule has 106 valence electrons. The summed E-state index contributed by atoms with van der Waals surface area (Å²) in [4.78, 5) is 12.0. The Hall–Kier alpha value is -2.49. The summed E-state index contributed by atoms with van der Waals surface area (Å²) in [6.07, 6.45) is 2.92. The first kappa shape index (κ1) is 13.5. The Balaban J connectivity index is 1.78. The van der Waals surface area contributed by atoms with Gasteiger partial charge in [0, 0.05) is 11.1 Å². The zero-order chi connectivity index (χ0) is 14.7. The van der Waals surface area contributed by atoms with Gasteiger partial charge >= 0.3 is 0 Å². The van der Waals surface area contributed by atoms with E-state index in [1.165, 1.54) is 29.8 Å². The Morgan fingerprint density at radius 3 is 2.62 bits per heavy atom. The maximum absolute atomic E-state index is 12.8. The SMILES string of the molecule is O=C(N/N=C1\CCCc2ccccc21)c1ccc(F)cc1. The van der Waals surface area contributed by atoms with Crippen molar-refractivity contribution in [3.63, 3.8) is 0 Å². The van der Waals surface area contributed by atoms with E-state index >= 15 is 0 Å². The fourth-order valence-corrected chi connectivity index (χ4v) is 2.50. The van der Waals surface area contributed by atoms with Gasteiger partial charge in [-0.2, -0.15) is 5.10 Å². The van der Waals surface area contributed by atoms with Gasteiger partial charge in [-0.25, -0.2) is 9.82 Å². The van der Waals surface area contributed by atoms with Crippen LogP contribution in [0.5, 0.6) is 0 Å². The quantitative estimate of drug-likeness (QED) is 0.844. The molecule has 0 atom stereocenters. The van der Waals surface area contributed by atoms with E-state index in [2.05, 4.69) is 16.6 Å². The van der Waals surface area contributed by atoms with Gasteiger partial charge in [0.2, 0.25) is 0 Å². The summed E-state index contributed by atoms with van der Waals surface area (Å²) in [7, 11) is 0. The minimum Gasteiger partial charge on any atom is -0.267 e. The van der Waals surface area contributed by atoms with E-state index in [0.29, 0.717) is 5.56 Å². The Bertz CT molecular complexity index is 692. The third kappa shape index (κ3) is 2.99. The van der Waals surface area contributed by atoms with Crippen LogP contribution in [0.2, 0.25) is 0 Å². The molecule has 0 unspecified atom stereocenters. The molecule has 0 fully saturated rings. The largest absolute Gasteiger partial charge is 0.271 e. The molecule has 0 spiro atoms. The van der Waals surface area contributed by atoms with Gasteiger partial charge < -0.3 is 0 Å². The van der Waals surface area contributed by atoms with E-state index in [1.807, 2.05) is 18.2 Å². The fraction of sp³-hybridized carbons (Fsp3) is 0.176. The molecule has 1 N–H and O–H groups in total. The van der Waals surface area contributed by atoms with Crippen molar-refractivity contribution in [1.29, 1.82) is 0 Å². The number of hydrogen-bond donors (Lipinski definition) is 1. The lowest BCUT2D eigenvalue weighted by atomic mass is 9.90. The highest BCUT2D eigenvalue weighted by molar-refractivity contribution is 6.04. The summed E-state index contributed by atoms with van der Waals surface area (Å²) in [6.45, 7) is 0. The zero-order valence-corrected chi connectivity index (χ0v) is 11.5. The van der Waals surface area contributed by atoms with Crippen LogP contribution in [0.25, 0.3) is 0 Å². The highest BCUT2D eigenvalue weighted by atomic mass is 19.1. The average Bonchev–Trinajstić information content (AvgIpc) is 2.53. The molecule has 0 heterocycles. The zero-order valence-electron chi connectivity index (χ0n) is 11.5. The van der Waals surface area contributed by atoms with Gasteiger partial charge in [-0.05, 0) is 49.1 Å². The molecule has 3 nitrogen and oxygen atoms in total. The molecular weight excluding hydrogens is 267 g/mol. The normalized spacial score (nSPS) is 15.6. The number of carbonyl (C=O) groups excluding carboxylic acids is 1. The predicted octanol–water partition coefficient (Wildman–Crippen LogP) is 3.30. The summed E-state index contributed by atoms with van der Waals surface area (Å²) in [5.74, 6) is -0.690. The van der Waals surface area contributed by atoms with Crippen LogP contribution in [0, 0.1) is 5.82 Å². The van der Waals surface area contributed by atoms with Crippen LogP contribution in [0.3, 0.4) is 0 Å². The number of amides is 1. The van der Waals surface area contributed by atoms with Gasteiger partial charge in [0.25, 0.3) is 5.91 Å². The third-order valence-corrected chi connectivity index (χ3v) is 3.59. The molecule has 0 aliphatic heterocycles. The standard InChI is InChI=1S/C17H15FN2O/c18-14-10-8-13(9-11-14)17(21)20-19-16-7-3-5-12-4-1-2-6-15(12)16/h1-2,4,6,8-11H,3,5,7H2,(H,20,21)/b19-16+.